The van der Waals surface area contributed by atoms with Gasteiger partial charge in [0.2, 0.25) is 5.91 Å². The van der Waals surface area contributed by atoms with Crippen LogP contribution < -0.4 is 5.32 Å². The molecule has 1 aromatic carbocycles. The number of hydrogen-bond acceptors (Lipinski definition) is 4. The van der Waals surface area contributed by atoms with Crippen LogP contribution in [0.25, 0.3) is 0 Å². The minimum absolute atomic E-state index is 0.000434. The third kappa shape index (κ3) is 8.73. The van der Waals surface area contributed by atoms with Crippen molar-refractivity contribution in [3.05, 3.63) is 35.9 Å². The molecular formula is C16H21NO5. The maximum atomic E-state index is 11.2. The molecule has 0 bridgehead atoms. The average Bonchev–Trinajstić information content (AvgIpc) is 2.98. The Hall–Kier alpha value is -2.37. The number of amides is 1. The summed E-state index contributed by atoms with van der Waals surface area (Å²) in [5.74, 6) is -1.05. The molecule has 0 unspecified atom stereocenters. The molecule has 1 aliphatic heterocycles. The van der Waals surface area contributed by atoms with Crippen molar-refractivity contribution < 1.29 is 24.2 Å². The molecule has 0 aliphatic carbocycles. The number of hydrogen-bond donors (Lipinski definition) is 2. The van der Waals surface area contributed by atoms with Crippen molar-refractivity contribution in [2.24, 2.45) is 0 Å². The van der Waals surface area contributed by atoms with E-state index >= 15 is 0 Å². The Morgan fingerprint density at radius 2 is 1.91 bits per heavy atom. The average molecular weight is 307 g/mol. The first-order valence-electron chi connectivity index (χ1n) is 7.26. The summed E-state index contributed by atoms with van der Waals surface area (Å²) in [6, 6.07) is 9.36. The quantitative estimate of drug-likeness (QED) is 0.783. The first-order chi connectivity index (χ1) is 10.6. The molecule has 0 radical (unpaired) electrons. The van der Waals surface area contributed by atoms with Gasteiger partial charge in [-0.2, -0.15) is 0 Å². The number of carbonyl (C=O) groups is 3. The molecule has 1 aliphatic rings. The van der Waals surface area contributed by atoms with E-state index < -0.39 is 5.97 Å². The molecule has 0 saturated carbocycles. The number of benzene rings is 1. The van der Waals surface area contributed by atoms with Gasteiger partial charge >= 0.3 is 11.9 Å². The first-order valence-corrected chi connectivity index (χ1v) is 7.26. The molecule has 1 heterocycles. The predicted octanol–water partition coefficient (Wildman–Crippen LogP) is 1.88. The Balaban J connectivity index is 0.000000335. The number of rotatable bonds is 6. The van der Waals surface area contributed by atoms with Crippen LogP contribution in [-0.2, 0) is 25.7 Å². The highest BCUT2D eigenvalue weighted by molar-refractivity contribution is 5.77. The van der Waals surface area contributed by atoms with Crippen LogP contribution in [0.15, 0.2) is 30.3 Å². The summed E-state index contributed by atoms with van der Waals surface area (Å²) in [5, 5.41) is 11.1. The van der Waals surface area contributed by atoms with Crippen molar-refractivity contribution in [3.8, 4) is 0 Å². The molecule has 0 aromatic heterocycles. The zero-order chi connectivity index (χ0) is 16.2. The molecule has 0 atom stereocenters. The third-order valence-electron chi connectivity index (χ3n) is 2.92. The van der Waals surface area contributed by atoms with Crippen molar-refractivity contribution in [2.45, 2.75) is 38.7 Å². The van der Waals surface area contributed by atoms with Gasteiger partial charge in [0.25, 0.3) is 0 Å². The summed E-state index contributed by atoms with van der Waals surface area (Å²) >= 11 is 0. The first kappa shape index (κ1) is 17.7. The van der Waals surface area contributed by atoms with Crippen LogP contribution in [-0.4, -0.2) is 29.5 Å². The molecule has 2 N–H and O–H groups in total. The maximum Gasteiger partial charge on any atom is 0.306 e. The fraction of sp³-hybridized carbons (Fsp3) is 0.438. The molecule has 6 nitrogen and oxygen atoms in total. The lowest BCUT2D eigenvalue weighted by Crippen LogP contribution is -2.12. The normalized spacial score (nSPS) is 12.8. The molecule has 6 heteroatoms. The highest BCUT2D eigenvalue weighted by atomic mass is 16.5. The zero-order valence-electron chi connectivity index (χ0n) is 12.4. The SMILES string of the molecule is O=C(O)CCCC(=O)OCc1ccccc1.O=C1CCCN1. The lowest BCUT2D eigenvalue weighted by atomic mass is 10.2. The van der Waals surface area contributed by atoms with E-state index in [4.69, 9.17) is 9.84 Å². The monoisotopic (exact) mass is 307 g/mol. The van der Waals surface area contributed by atoms with Crippen LogP contribution in [0.4, 0.5) is 0 Å². The number of aliphatic carboxylic acids is 1. The Morgan fingerprint density at radius 3 is 2.41 bits per heavy atom. The summed E-state index contributed by atoms with van der Waals surface area (Å²) in [6.45, 7) is 1.13. The van der Waals surface area contributed by atoms with E-state index in [0.717, 1.165) is 24.9 Å². The van der Waals surface area contributed by atoms with Crippen molar-refractivity contribution in [2.75, 3.05) is 6.54 Å². The van der Waals surface area contributed by atoms with Gasteiger partial charge in [-0.15, -0.1) is 0 Å². The summed E-state index contributed by atoms with van der Waals surface area (Å²) in [4.78, 5) is 31.5. The molecule has 22 heavy (non-hydrogen) atoms. The summed E-state index contributed by atoms with van der Waals surface area (Å²) in [7, 11) is 0. The highest BCUT2D eigenvalue weighted by Gasteiger charge is 2.06. The molecule has 1 amide bonds. The van der Waals surface area contributed by atoms with Crippen LogP contribution in [0.2, 0.25) is 0 Å². The molecule has 1 aromatic rings. The number of ether oxygens (including phenoxy) is 1. The van der Waals surface area contributed by atoms with Crippen LogP contribution in [0.1, 0.15) is 37.7 Å². The second-order valence-corrected chi connectivity index (χ2v) is 4.85. The van der Waals surface area contributed by atoms with E-state index in [2.05, 4.69) is 5.32 Å². The van der Waals surface area contributed by atoms with E-state index in [-0.39, 0.29) is 31.3 Å². The van der Waals surface area contributed by atoms with Crippen LogP contribution in [0, 0.1) is 0 Å². The minimum Gasteiger partial charge on any atom is -0.481 e. The Bertz CT molecular complexity index is 479. The summed E-state index contributed by atoms with van der Waals surface area (Å²) < 4.78 is 4.98. The lowest BCUT2D eigenvalue weighted by Gasteiger charge is -2.03. The fourth-order valence-electron chi connectivity index (χ4n) is 1.76. The van der Waals surface area contributed by atoms with Crippen LogP contribution in [0.3, 0.4) is 0 Å². The van der Waals surface area contributed by atoms with Gasteiger partial charge in [-0.1, -0.05) is 30.3 Å². The maximum absolute atomic E-state index is 11.2. The van der Waals surface area contributed by atoms with Crippen LogP contribution >= 0.6 is 0 Å². The second kappa shape index (κ2) is 10.4. The molecule has 1 saturated heterocycles. The van der Waals surface area contributed by atoms with Gasteiger partial charge in [0.1, 0.15) is 6.61 Å². The number of carboxylic acid groups (broad SMARTS) is 1. The van der Waals surface area contributed by atoms with Gasteiger partial charge in [-0.05, 0) is 18.4 Å². The van der Waals surface area contributed by atoms with Crippen molar-refractivity contribution in [3.63, 3.8) is 0 Å². The number of esters is 1. The standard InChI is InChI=1S/C12H14O4.C4H7NO/c13-11(14)7-4-8-12(15)16-9-10-5-2-1-3-6-10;6-4-2-1-3-5-4/h1-3,5-6H,4,7-9H2,(H,13,14);1-3H2,(H,5,6). The van der Waals surface area contributed by atoms with E-state index in [9.17, 15) is 14.4 Å². The Morgan fingerprint density at radius 1 is 1.18 bits per heavy atom. The van der Waals surface area contributed by atoms with Crippen molar-refractivity contribution >= 4 is 17.8 Å². The van der Waals surface area contributed by atoms with E-state index in [1.807, 2.05) is 30.3 Å². The van der Waals surface area contributed by atoms with E-state index in [1.165, 1.54) is 0 Å². The van der Waals surface area contributed by atoms with Gasteiger partial charge in [-0.3, -0.25) is 14.4 Å². The number of carbonyl (C=O) groups excluding carboxylic acids is 2. The Kier molecular flexibility index (Phi) is 8.33. The second-order valence-electron chi connectivity index (χ2n) is 4.85. The fourth-order valence-corrected chi connectivity index (χ4v) is 1.76. The van der Waals surface area contributed by atoms with Gasteiger partial charge < -0.3 is 15.2 Å². The topological polar surface area (TPSA) is 92.7 Å². The largest absolute Gasteiger partial charge is 0.481 e. The van der Waals surface area contributed by atoms with E-state index in [0.29, 0.717) is 6.42 Å². The van der Waals surface area contributed by atoms with E-state index in [1.54, 1.807) is 0 Å². The van der Waals surface area contributed by atoms with Crippen LogP contribution in [0.5, 0.6) is 0 Å². The molecular weight excluding hydrogens is 286 g/mol. The smallest absolute Gasteiger partial charge is 0.306 e. The third-order valence-corrected chi connectivity index (χ3v) is 2.92. The molecule has 2 rings (SSSR count). The number of carboxylic acids is 1. The van der Waals surface area contributed by atoms with Crippen molar-refractivity contribution in [1.82, 2.24) is 5.32 Å². The predicted molar refractivity (Wildman–Crippen MR) is 80.0 cm³/mol. The molecule has 120 valence electrons. The van der Waals surface area contributed by atoms with Gasteiger partial charge in [0.15, 0.2) is 0 Å². The molecule has 0 spiro atoms. The molecule has 1 fully saturated rings. The summed E-state index contributed by atoms with van der Waals surface area (Å²) in [6.07, 6.45) is 2.24. The van der Waals surface area contributed by atoms with Gasteiger partial charge in [-0.25, -0.2) is 0 Å². The van der Waals surface area contributed by atoms with Gasteiger partial charge in [0, 0.05) is 25.8 Å². The minimum atomic E-state index is -0.893. The zero-order valence-corrected chi connectivity index (χ0v) is 12.4. The van der Waals surface area contributed by atoms with Crippen molar-refractivity contribution in [1.29, 1.82) is 0 Å². The highest BCUT2D eigenvalue weighted by Crippen LogP contribution is 2.03. The van der Waals surface area contributed by atoms with Gasteiger partial charge in [0.05, 0.1) is 0 Å². The Labute approximate surface area is 129 Å². The summed E-state index contributed by atoms with van der Waals surface area (Å²) in [5.41, 5.74) is 0.925. The number of nitrogens with one attached hydrogen (secondary N) is 1. The lowest BCUT2D eigenvalue weighted by molar-refractivity contribution is -0.145.